The highest BCUT2D eigenvalue weighted by Gasteiger charge is 2.21. The van der Waals surface area contributed by atoms with Crippen LogP contribution in [-0.4, -0.2) is 5.78 Å². The van der Waals surface area contributed by atoms with E-state index >= 15 is 0 Å². The first-order chi connectivity index (χ1) is 7.25. The average molecular weight is 204 g/mol. The van der Waals surface area contributed by atoms with Crippen LogP contribution in [0.15, 0.2) is 36.5 Å². The van der Waals surface area contributed by atoms with Crippen molar-refractivity contribution in [3.63, 3.8) is 0 Å². The minimum Gasteiger partial charge on any atom is -0.294 e. The van der Waals surface area contributed by atoms with Crippen LogP contribution in [0.25, 0.3) is 0 Å². The van der Waals surface area contributed by atoms with E-state index in [1.807, 2.05) is 25.2 Å². The molecule has 1 fully saturated rings. The lowest BCUT2D eigenvalue weighted by Gasteiger charge is -2.20. The number of hydrogen-bond acceptors (Lipinski definition) is 1. The zero-order valence-corrected chi connectivity index (χ0v) is 9.54. The zero-order valence-electron chi connectivity index (χ0n) is 9.54. The summed E-state index contributed by atoms with van der Waals surface area (Å²) in [6.07, 6.45) is 13.2. The summed E-state index contributed by atoms with van der Waals surface area (Å²) in [6.45, 7) is 5.50. The van der Waals surface area contributed by atoms with Crippen molar-refractivity contribution >= 4 is 5.78 Å². The smallest absolute Gasteiger partial charge is 0.161 e. The predicted molar refractivity (Wildman–Crippen MR) is 64.7 cm³/mol. The Bertz CT molecular complexity index is 278. The van der Waals surface area contributed by atoms with Crippen LogP contribution in [0.2, 0.25) is 0 Å². The van der Waals surface area contributed by atoms with Crippen molar-refractivity contribution in [1.29, 1.82) is 0 Å². The number of hydrogen-bond donors (Lipinski definition) is 0. The van der Waals surface area contributed by atoms with Crippen LogP contribution in [0.3, 0.4) is 0 Å². The topological polar surface area (TPSA) is 17.1 Å². The molecule has 0 atom stereocenters. The van der Waals surface area contributed by atoms with Gasteiger partial charge in [-0.3, -0.25) is 4.79 Å². The molecule has 0 saturated heterocycles. The number of ketones is 1. The molecule has 1 aliphatic rings. The molecule has 0 aliphatic heterocycles. The summed E-state index contributed by atoms with van der Waals surface area (Å²) >= 11 is 0. The predicted octanol–water partition coefficient (Wildman–Crippen LogP) is 3.82. The van der Waals surface area contributed by atoms with Crippen molar-refractivity contribution in [3.8, 4) is 0 Å². The van der Waals surface area contributed by atoms with Gasteiger partial charge >= 0.3 is 0 Å². The highest BCUT2D eigenvalue weighted by atomic mass is 16.1. The van der Waals surface area contributed by atoms with Crippen LogP contribution in [0.5, 0.6) is 0 Å². The maximum absolute atomic E-state index is 12.0. The highest BCUT2D eigenvalue weighted by molar-refractivity contribution is 5.96. The normalized spacial score (nSPS) is 19.4. The van der Waals surface area contributed by atoms with Gasteiger partial charge in [0.15, 0.2) is 5.78 Å². The van der Waals surface area contributed by atoms with E-state index < -0.39 is 0 Å². The Morgan fingerprint density at radius 2 is 1.87 bits per heavy atom. The molecular formula is C14H20O. The van der Waals surface area contributed by atoms with Gasteiger partial charge in [0.25, 0.3) is 0 Å². The van der Waals surface area contributed by atoms with Crippen molar-refractivity contribution in [2.45, 2.75) is 39.0 Å². The van der Waals surface area contributed by atoms with E-state index in [9.17, 15) is 4.79 Å². The Balaban J connectivity index is 2.54. The minimum absolute atomic E-state index is 0.284. The fourth-order valence-corrected chi connectivity index (χ4v) is 2.05. The molecule has 1 rings (SSSR count). The lowest BCUT2D eigenvalue weighted by atomic mass is 9.84. The van der Waals surface area contributed by atoms with Crippen LogP contribution in [0.4, 0.5) is 0 Å². The van der Waals surface area contributed by atoms with Gasteiger partial charge in [0.05, 0.1) is 0 Å². The molecule has 0 N–H and O–H groups in total. The van der Waals surface area contributed by atoms with Gasteiger partial charge in [0.1, 0.15) is 0 Å². The van der Waals surface area contributed by atoms with Crippen LogP contribution < -0.4 is 0 Å². The molecule has 1 saturated carbocycles. The third kappa shape index (κ3) is 3.86. The molecule has 0 aromatic rings. The Labute approximate surface area is 92.6 Å². The number of Topliss-reactive ketones (excluding diaryl/α,β-unsaturated/α-hetero) is 1. The second kappa shape index (κ2) is 6.39. The van der Waals surface area contributed by atoms with Crippen LogP contribution >= 0.6 is 0 Å². The van der Waals surface area contributed by atoms with Gasteiger partial charge < -0.3 is 0 Å². The van der Waals surface area contributed by atoms with Gasteiger partial charge in [0, 0.05) is 5.92 Å². The molecule has 1 heteroatoms. The Kier molecular flexibility index (Phi) is 5.09. The summed E-state index contributed by atoms with van der Waals surface area (Å²) in [4.78, 5) is 12.0. The van der Waals surface area contributed by atoms with Gasteiger partial charge in [-0.15, -0.1) is 0 Å². The van der Waals surface area contributed by atoms with Crippen molar-refractivity contribution in [2.75, 3.05) is 0 Å². The van der Waals surface area contributed by atoms with E-state index in [0.717, 1.165) is 18.4 Å². The van der Waals surface area contributed by atoms with Gasteiger partial charge in [-0.25, -0.2) is 0 Å². The van der Waals surface area contributed by atoms with E-state index in [-0.39, 0.29) is 5.92 Å². The Hall–Kier alpha value is -1.11. The molecule has 15 heavy (non-hydrogen) atoms. The van der Waals surface area contributed by atoms with Crippen LogP contribution in [-0.2, 0) is 4.79 Å². The summed E-state index contributed by atoms with van der Waals surface area (Å²) in [6, 6.07) is 0. The fraction of sp³-hybridized carbons (Fsp3) is 0.500. The Morgan fingerprint density at radius 1 is 1.20 bits per heavy atom. The SMILES string of the molecule is C=C/C=C\C=C(/C)C(=O)C1CCCCC1. The molecule has 1 aliphatic carbocycles. The lowest BCUT2D eigenvalue weighted by Crippen LogP contribution is -2.18. The lowest BCUT2D eigenvalue weighted by molar-refractivity contribution is -0.120. The van der Waals surface area contributed by atoms with E-state index in [4.69, 9.17) is 0 Å². The molecule has 0 amide bonds. The molecule has 1 nitrogen and oxygen atoms in total. The first-order valence-electron chi connectivity index (χ1n) is 5.76. The third-order valence-electron chi connectivity index (χ3n) is 2.96. The van der Waals surface area contributed by atoms with Crippen molar-refractivity contribution < 1.29 is 4.79 Å². The zero-order chi connectivity index (χ0) is 11.1. The van der Waals surface area contributed by atoms with Crippen molar-refractivity contribution in [1.82, 2.24) is 0 Å². The molecule has 0 aromatic heterocycles. The number of carbonyl (C=O) groups is 1. The van der Waals surface area contributed by atoms with E-state index in [1.54, 1.807) is 6.08 Å². The summed E-state index contributed by atoms with van der Waals surface area (Å²) in [7, 11) is 0. The molecule has 82 valence electrons. The van der Waals surface area contributed by atoms with Crippen LogP contribution in [0, 0.1) is 5.92 Å². The quantitative estimate of drug-likeness (QED) is 0.502. The molecule has 0 radical (unpaired) electrons. The minimum atomic E-state index is 0.284. The molecule has 0 spiro atoms. The summed E-state index contributed by atoms with van der Waals surface area (Å²) in [5.74, 6) is 0.621. The second-order valence-electron chi connectivity index (χ2n) is 4.17. The standard InChI is InChI=1S/C14H20O/c1-3-4-6-9-12(2)14(15)13-10-7-5-8-11-13/h3-4,6,9,13H,1,5,7-8,10-11H2,2H3/b6-4-,12-9+. The van der Waals surface area contributed by atoms with E-state index in [2.05, 4.69) is 6.58 Å². The highest BCUT2D eigenvalue weighted by Crippen LogP contribution is 2.26. The first-order valence-corrected chi connectivity index (χ1v) is 5.76. The summed E-state index contributed by atoms with van der Waals surface area (Å²) in [5.41, 5.74) is 0.875. The van der Waals surface area contributed by atoms with Gasteiger partial charge in [-0.1, -0.05) is 50.1 Å². The molecule has 0 heterocycles. The number of carbonyl (C=O) groups excluding carboxylic acids is 1. The van der Waals surface area contributed by atoms with Crippen molar-refractivity contribution in [3.05, 3.63) is 36.5 Å². The largest absolute Gasteiger partial charge is 0.294 e. The monoisotopic (exact) mass is 204 g/mol. The molecule has 0 unspecified atom stereocenters. The first kappa shape index (κ1) is 12.0. The van der Waals surface area contributed by atoms with Crippen LogP contribution in [0.1, 0.15) is 39.0 Å². The third-order valence-corrected chi connectivity index (χ3v) is 2.96. The van der Waals surface area contributed by atoms with Gasteiger partial charge in [-0.05, 0) is 25.3 Å². The maximum atomic E-state index is 12.0. The number of allylic oxidation sites excluding steroid dienone is 5. The molecule has 0 aromatic carbocycles. The number of rotatable bonds is 4. The average Bonchev–Trinajstić information content (AvgIpc) is 2.29. The molecular weight excluding hydrogens is 184 g/mol. The van der Waals surface area contributed by atoms with Gasteiger partial charge in [0.2, 0.25) is 0 Å². The van der Waals surface area contributed by atoms with E-state index in [1.165, 1.54) is 19.3 Å². The van der Waals surface area contributed by atoms with Gasteiger partial charge in [-0.2, -0.15) is 0 Å². The maximum Gasteiger partial charge on any atom is 0.161 e. The Morgan fingerprint density at radius 3 is 2.47 bits per heavy atom. The second-order valence-corrected chi connectivity index (χ2v) is 4.17. The molecule has 0 bridgehead atoms. The van der Waals surface area contributed by atoms with Crippen molar-refractivity contribution in [2.24, 2.45) is 5.92 Å². The summed E-state index contributed by atoms with van der Waals surface area (Å²) in [5, 5.41) is 0. The summed E-state index contributed by atoms with van der Waals surface area (Å²) < 4.78 is 0. The fourth-order valence-electron chi connectivity index (χ4n) is 2.05. The van der Waals surface area contributed by atoms with E-state index in [0.29, 0.717) is 5.78 Å².